The molecule has 2 atom stereocenters. The Bertz CT molecular complexity index is 508. The van der Waals surface area contributed by atoms with E-state index in [1.165, 1.54) is 6.07 Å². The Balaban J connectivity index is 2.00. The van der Waals surface area contributed by atoms with Crippen LogP contribution in [-0.2, 0) is 11.2 Å². The predicted molar refractivity (Wildman–Crippen MR) is 63.5 cm³/mol. The molecule has 18 heavy (non-hydrogen) atoms. The van der Waals surface area contributed by atoms with E-state index >= 15 is 0 Å². The summed E-state index contributed by atoms with van der Waals surface area (Å²) in [7, 11) is 0. The molecule has 6 heteroatoms. The van der Waals surface area contributed by atoms with Crippen LogP contribution in [0.2, 0.25) is 0 Å². The number of nitro groups is 1. The summed E-state index contributed by atoms with van der Waals surface area (Å²) in [6.45, 7) is 0.532. The topological polar surface area (TPSA) is 64.4 Å². The average Bonchev–Trinajstić information content (AvgIpc) is 2.71. The van der Waals surface area contributed by atoms with Gasteiger partial charge < -0.3 is 10.1 Å². The van der Waals surface area contributed by atoms with Crippen molar-refractivity contribution >= 4 is 11.4 Å². The quantitative estimate of drug-likeness (QED) is 0.613. The Morgan fingerprint density at radius 1 is 1.56 bits per heavy atom. The second-order valence-electron chi connectivity index (χ2n) is 4.81. The molecule has 1 aromatic rings. The van der Waals surface area contributed by atoms with Gasteiger partial charge in [-0.25, -0.2) is 4.39 Å². The molecule has 1 saturated heterocycles. The normalized spacial score (nSPS) is 29.9. The number of hydrogen-bond donors (Lipinski definition) is 1. The Labute approximate surface area is 103 Å². The number of nitrogens with zero attached hydrogens (tertiary/aromatic N) is 1. The van der Waals surface area contributed by atoms with Gasteiger partial charge in [0.05, 0.1) is 22.6 Å². The van der Waals surface area contributed by atoms with Crippen molar-refractivity contribution in [2.24, 2.45) is 0 Å². The fourth-order valence-corrected chi connectivity index (χ4v) is 2.77. The Morgan fingerprint density at radius 2 is 2.39 bits per heavy atom. The molecule has 0 bridgehead atoms. The van der Waals surface area contributed by atoms with Gasteiger partial charge in [-0.15, -0.1) is 0 Å². The van der Waals surface area contributed by atoms with Crippen LogP contribution in [0.15, 0.2) is 18.2 Å². The number of fused-ring (bicyclic) bond motifs is 1. The van der Waals surface area contributed by atoms with Gasteiger partial charge in [0.1, 0.15) is 6.17 Å². The first kappa shape index (κ1) is 11.4. The minimum absolute atomic E-state index is 0.0504. The number of hydrogen-bond acceptors (Lipinski definition) is 4. The van der Waals surface area contributed by atoms with E-state index < -0.39 is 16.6 Å². The van der Waals surface area contributed by atoms with Crippen LogP contribution in [0.25, 0.3) is 0 Å². The average molecular weight is 252 g/mol. The van der Waals surface area contributed by atoms with Gasteiger partial charge in [-0.05, 0) is 12.5 Å². The van der Waals surface area contributed by atoms with E-state index in [-0.39, 0.29) is 12.3 Å². The molecule has 96 valence electrons. The smallest absolute Gasteiger partial charge is 0.274 e. The third-order valence-corrected chi connectivity index (χ3v) is 3.78. The van der Waals surface area contributed by atoms with Crippen LogP contribution in [0.3, 0.4) is 0 Å². The van der Waals surface area contributed by atoms with Crippen LogP contribution >= 0.6 is 0 Å². The molecule has 2 unspecified atom stereocenters. The summed E-state index contributed by atoms with van der Waals surface area (Å²) in [4.78, 5) is 10.6. The molecular weight excluding hydrogens is 239 g/mol. The summed E-state index contributed by atoms with van der Waals surface area (Å²) in [6, 6.07) is 4.85. The second-order valence-corrected chi connectivity index (χ2v) is 4.81. The van der Waals surface area contributed by atoms with Gasteiger partial charge >= 0.3 is 0 Å². The van der Waals surface area contributed by atoms with Gasteiger partial charge in [-0.1, -0.05) is 6.07 Å². The van der Waals surface area contributed by atoms with Crippen LogP contribution in [-0.4, -0.2) is 29.8 Å². The van der Waals surface area contributed by atoms with Crippen LogP contribution in [0, 0.1) is 10.1 Å². The largest absolute Gasteiger partial charge is 0.378 e. The van der Waals surface area contributed by atoms with E-state index in [2.05, 4.69) is 5.32 Å². The van der Waals surface area contributed by atoms with E-state index in [4.69, 9.17) is 4.74 Å². The summed E-state index contributed by atoms with van der Waals surface area (Å²) in [5, 5.41) is 14.1. The van der Waals surface area contributed by atoms with Crippen molar-refractivity contribution in [2.75, 3.05) is 18.5 Å². The van der Waals surface area contributed by atoms with Gasteiger partial charge in [0.25, 0.3) is 5.69 Å². The number of alkyl halides is 1. The molecule has 2 aliphatic rings. The van der Waals surface area contributed by atoms with Gasteiger partial charge in [-0.3, -0.25) is 10.1 Å². The number of benzene rings is 1. The number of anilines is 1. The van der Waals surface area contributed by atoms with Crippen LogP contribution in [0.5, 0.6) is 0 Å². The van der Waals surface area contributed by atoms with Crippen LogP contribution < -0.4 is 5.32 Å². The third-order valence-electron chi connectivity index (χ3n) is 3.78. The first-order valence-electron chi connectivity index (χ1n) is 5.89. The number of nitro benzene ring substituents is 1. The zero-order valence-electron chi connectivity index (χ0n) is 9.69. The standard InChI is InChI=1S/C12H13FN2O3/c13-11-7-18-5-4-12(11)6-8-9(14-12)2-1-3-10(8)15(16)17/h1-3,11,14H,4-7H2. The van der Waals surface area contributed by atoms with Gasteiger partial charge in [0.2, 0.25) is 0 Å². The van der Waals surface area contributed by atoms with Crippen molar-refractivity contribution in [1.82, 2.24) is 0 Å². The Kier molecular flexibility index (Phi) is 2.48. The molecule has 1 aromatic carbocycles. The summed E-state index contributed by atoms with van der Waals surface area (Å²) in [6.07, 6.45) is -0.262. The highest BCUT2D eigenvalue weighted by Crippen LogP contribution is 2.43. The first-order chi connectivity index (χ1) is 8.62. The zero-order valence-corrected chi connectivity index (χ0v) is 9.69. The van der Waals surface area contributed by atoms with Crippen molar-refractivity contribution in [3.63, 3.8) is 0 Å². The molecule has 1 fully saturated rings. The Morgan fingerprint density at radius 3 is 3.11 bits per heavy atom. The lowest BCUT2D eigenvalue weighted by Gasteiger charge is -2.37. The van der Waals surface area contributed by atoms with Crippen molar-refractivity contribution in [2.45, 2.75) is 24.6 Å². The SMILES string of the molecule is O=[N+]([O-])c1cccc2c1CC1(CCOCC1F)N2. The van der Waals surface area contributed by atoms with Crippen LogP contribution in [0.4, 0.5) is 15.8 Å². The fourth-order valence-electron chi connectivity index (χ4n) is 2.77. The number of halogens is 1. The molecule has 1 spiro atoms. The van der Waals surface area contributed by atoms with E-state index in [0.717, 1.165) is 0 Å². The lowest BCUT2D eigenvalue weighted by molar-refractivity contribution is -0.385. The van der Waals surface area contributed by atoms with Gasteiger partial charge in [0, 0.05) is 24.8 Å². The molecule has 0 aromatic heterocycles. The second kappa shape index (κ2) is 3.91. The lowest BCUT2D eigenvalue weighted by Crippen LogP contribution is -2.52. The molecule has 2 aliphatic heterocycles. The van der Waals surface area contributed by atoms with Crippen molar-refractivity contribution < 1.29 is 14.1 Å². The van der Waals surface area contributed by atoms with Crippen molar-refractivity contribution in [3.8, 4) is 0 Å². The van der Waals surface area contributed by atoms with Crippen LogP contribution in [0.1, 0.15) is 12.0 Å². The highest BCUT2D eigenvalue weighted by atomic mass is 19.1. The number of ether oxygens (including phenoxy) is 1. The van der Waals surface area contributed by atoms with E-state index in [9.17, 15) is 14.5 Å². The minimum Gasteiger partial charge on any atom is -0.378 e. The summed E-state index contributed by atoms with van der Waals surface area (Å²) in [5.74, 6) is 0. The molecule has 3 rings (SSSR count). The molecule has 0 aliphatic carbocycles. The maximum absolute atomic E-state index is 14.1. The lowest BCUT2D eigenvalue weighted by atomic mass is 9.85. The summed E-state index contributed by atoms with van der Waals surface area (Å²) < 4.78 is 19.2. The van der Waals surface area contributed by atoms with E-state index in [1.54, 1.807) is 12.1 Å². The molecule has 0 saturated carbocycles. The fraction of sp³-hybridized carbons (Fsp3) is 0.500. The number of nitrogens with one attached hydrogen (secondary N) is 1. The molecule has 0 amide bonds. The summed E-state index contributed by atoms with van der Waals surface area (Å²) >= 11 is 0. The predicted octanol–water partition coefficient (Wildman–Crippen LogP) is 2.06. The first-order valence-corrected chi connectivity index (χ1v) is 5.89. The van der Waals surface area contributed by atoms with Crippen molar-refractivity contribution in [1.29, 1.82) is 0 Å². The van der Waals surface area contributed by atoms with E-state index in [1.807, 2.05) is 0 Å². The van der Waals surface area contributed by atoms with E-state index in [0.29, 0.717) is 30.7 Å². The highest BCUT2D eigenvalue weighted by Gasteiger charge is 2.48. The maximum atomic E-state index is 14.1. The van der Waals surface area contributed by atoms with Crippen molar-refractivity contribution in [3.05, 3.63) is 33.9 Å². The number of rotatable bonds is 1. The zero-order chi connectivity index (χ0) is 12.8. The minimum atomic E-state index is -1.14. The maximum Gasteiger partial charge on any atom is 0.274 e. The Hall–Kier alpha value is -1.69. The summed E-state index contributed by atoms with van der Waals surface area (Å²) in [5.41, 5.74) is 0.614. The molecule has 0 radical (unpaired) electrons. The monoisotopic (exact) mass is 252 g/mol. The molecular formula is C12H13FN2O3. The molecule has 5 nitrogen and oxygen atoms in total. The molecule has 2 heterocycles. The van der Waals surface area contributed by atoms with Gasteiger partial charge in [-0.2, -0.15) is 0 Å². The highest BCUT2D eigenvalue weighted by molar-refractivity contribution is 5.67. The van der Waals surface area contributed by atoms with Gasteiger partial charge in [0.15, 0.2) is 0 Å². The third kappa shape index (κ3) is 1.56. The molecule has 1 N–H and O–H groups in total.